The highest BCUT2D eigenvalue weighted by molar-refractivity contribution is 6.12. The summed E-state index contributed by atoms with van der Waals surface area (Å²) in [6, 6.07) is 1.02. The number of aromatic carboxylic acids is 1. The van der Waals surface area contributed by atoms with E-state index in [9.17, 15) is 19.5 Å². The molecule has 0 amide bonds. The molecule has 0 spiro atoms. The Morgan fingerprint density at radius 2 is 2.09 bits per heavy atom. The van der Waals surface area contributed by atoms with Crippen LogP contribution in [0.5, 0.6) is 0 Å². The van der Waals surface area contributed by atoms with Crippen molar-refractivity contribution in [2.24, 2.45) is 16.3 Å². The number of carbonyl (C=O) groups excluding carboxylic acids is 1. The smallest absolute Gasteiger partial charge is 0.341 e. The Balaban J connectivity index is 1.95. The summed E-state index contributed by atoms with van der Waals surface area (Å²) in [4.78, 5) is 44.6. The van der Waals surface area contributed by atoms with Gasteiger partial charge in [0.25, 0.3) is 0 Å². The first-order chi connectivity index (χ1) is 16.1. The number of anilines is 1. The van der Waals surface area contributed by atoms with Crippen LogP contribution in [0.4, 0.5) is 10.1 Å². The zero-order valence-corrected chi connectivity index (χ0v) is 19.6. The molecule has 1 saturated carbocycles. The number of piperidine rings is 1. The SMILES string of the molecule is CCO/N=C1/CCN(c2c(F)cc3c(=O)c(C(=O)O)cn(C4CC4)c3c2C(C)=O)CC1(C)CN. The minimum Gasteiger partial charge on any atom is -0.477 e. The van der Waals surface area contributed by atoms with Gasteiger partial charge in [-0.15, -0.1) is 0 Å². The fourth-order valence-corrected chi connectivity index (χ4v) is 4.72. The molecular weight excluding hydrogens is 443 g/mol. The van der Waals surface area contributed by atoms with E-state index >= 15 is 4.39 Å². The van der Waals surface area contributed by atoms with Gasteiger partial charge in [0, 0.05) is 43.7 Å². The van der Waals surface area contributed by atoms with Crippen LogP contribution in [0.15, 0.2) is 22.2 Å². The molecule has 1 aromatic heterocycles. The lowest BCUT2D eigenvalue weighted by molar-refractivity contribution is 0.0694. The Kier molecular flexibility index (Phi) is 6.20. The number of carboxylic acids is 1. The van der Waals surface area contributed by atoms with Crippen molar-refractivity contribution in [1.29, 1.82) is 0 Å². The second kappa shape index (κ2) is 8.83. The van der Waals surface area contributed by atoms with E-state index in [1.807, 2.05) is 13.8 Å². The number of halogens is 1. The van der Waals surface area contributed by atoms with Gasteiger partial charge in [0.1, 0.15) is 18.0 Å². The molecule has 1 saturated heterocycles. The third-order valence-corrected chi connectivity index (χ3v) is 6.69. The minimum atomic E-state index is -1.38. The summed E-state index contributed by atoms with van der Waals surface area (Å²) in [5.74, 6) is -2.53. The van der Waals surface area contributed by atoms with E-state index in [1.54, 1.807) is 9.47 Å². The highest BCUT2D eigenvalue weighted by Gasteiger charge is 2.39. The Morgan fingerprint density at radius 1 is 1.38 bits per heavy atom. The second-order valence-corrected chi connectivity index (χ2v) is 9.24. The van der Waals surface area contributed by atoms with Crippen molar-refractivity contribution in [3.05, 3.63) is 39.4 Å². The van der Waals surface area contributed by atoms with Gasteiger partial charge in [-0.25, -0.2) is 9.18 Å². The highest BCUT2D eigenvalue weighted by atomic mass is 19.1. The first kappa shape index (κ1) is 23.9. The number of pyridine rings is 1. The van der Waals surface area contributed by atoms with Crippen LogP contribution >= 0.6 is 0 Å². The van der Waals surface area contributed by atoms with Crippen LogP contribution in [0, 0.1) is 11.2 Å². The molecule has 34 heavy (non-hydrogen) atoms. The van der Waals surface area contributed by atoms with Crippen molar-refractivity contribution in [2.75, 3.05) is 31.1 Å². The van der Waals surface area contributed by atoms with Gasteiger partial charge < -0.3 is 25.1 Å². The summed E-state index contributed by atoms with van der Waals surface area (Å²) in [6.07, 6.45) is 3.32. The maximum atomic E-state index is 15.7. The summed E-state index contributed by atoms with van der Waals surface area (Å²) >= 11 is 0. The van der Waals surface area contributed by atoms with Gasteiger partial charge in [-0.1, -0.05) is 12.1 Å². The van der Waals surface area contributed by atoms with Crippen molar-refractivity contribution in [3.63, 3.8) is 0 Å². The van der Waals surface area contributed by atoms with E-state index in [-0.39, 0.29) is 34.7 Å². The number of nitrogens with two attached hydrogens (primary N) is 1. The van der Waals surface area contributed by atoms with E-state index < -0.39 is 34.0 Å². The Bertz CT molecular complexity index is 1270. The molecule has 2 fully saturated rings. The van der Waals surface area contributed by atoms with Gasteiger partial charge in [-0.3, -0.25) is 9.59 Å². The maximum Gasteiger partial charge on any atom is 0.341 e. The van der Waals surface area contributed by atoms with Gasteiger partial charge in [-0.05, 0) is 32.8 Å². The van der Waals surface area contributed by atoms with Crippen molar-refractivity contribution in [2.45, 2.75) is 46.1 Å². The summed E-state index contributed by atoms with van der Waals surface area (Å²) in [6.45, 7) is 6.43. The average Bonchev–Trinajstić information content (AvgIpc) is 3.63. The number of benzene rings is 1. The fourth-order valence-electron chi connectivity index (χ4n) is 4.72. The quantitative estimate of drug-likeness (QED) is 0.468. The number of ketones is 1. The molecule has 1 aromatic carbocycles. The van der Waals surface area contributed by atoms with E-state index in [0.29, 0.717) is 26.1 Å². The topological polar surface area (TPSA) is 127 Å². The third-order valence-electron chi connectivity index (χ3n) is 6.69. The number of fused-ring (bicyclic) bond motifs is 1. The lowest BCUT2D eigenvalue weighted by Crippen LogP contribution is -2.52. The zero-order chi connectivity index (χ0) is 24.8. The number of hydrogen-bond acceptors (Lipinski definition) is 7. The number of nitrogens with zero attached hydrogens (tertiary/aromatic N) is 3. The van der Waals surface area contributed by atoms with Gasteiger partial charge in [-0.2, -0.15) is 0 Å². The van der Waals surface area contributed by atoms with Crippen LogP contribution in [0.2, 0.25) is 0 Å². The van der Waals surface area contributed by atoms with Gasteiger partial charge in [0.05, 0.1) is 27.9 Å². The molecular formula is C24H29FN4O5. The Morgan fingerprint density at radius 3 is 2.65 bits per heavy atom. The van der Waals surface area contributed by atoms with Crippen LogP contribution in [-0.2, 0) is 4.84 Å². The summed E-state index contributed by atoms with van der Waals surface area (Å²) in [5, 5.41) is 13.6. The second-order valence-electron chi connectivity index (χ2n) is 9.24. The standard InChI is InChI=1S/C24H29FN4O5/c1-4-34-27-18-7-8-28(12-24(18,3)11-26)21-17(25)9-15-20(19(21)13(2)30)29(14-5-6-14)10-16(22(15)31)23(32)33/h9-10,14H,4-8,11-12,26H2,1-3H3,(H,32,33)/b27-18-. The number of carbonyl (C=O) groups is 2. The monoisotopic (exact) mass is 472 g/mol. The Labute approximate surface area is 196 Å². The van der Waals surface area contributed by atoms with E-state index in [2.05, 4.69) is 5.16 Å². The normalized spacial score (nSPS) is 21.8. The molecule has 1 aliphatic heterocycles. The molecule has 3 N–H and O–H groups in total. The first-order valence-corrected chi connectivity index (χ1v) is 11.4. The van der Waals surface area contributed by atoms with E-state index in [4.69, 9.17) is 10.6 Å². The molecule has 1 aliphatic carbocycles. The molecule has 2 aromatic rings. The van der Waals surface area contributed by atoms with Crippen molar-refractivity contribution in [1.82, 2.24) is 4.57 Å². The van der Waals surface area contributed by atoms with Crippen molar-refractivity contribution >= 4 is 34.1 Å². The molecule has 1 unspecified atom stereocenters. The average molecular weight is 473 g/mol. The molecule has 9 nitrogen and oxygen atoms in total. The predicted octanol–water partition coefficient (Wildman–Crippen LogP) is 2.94. The number of Topliss-reactive ketones (excluding diaryl/α,β-unsaturated/α-hetero) is 1. The largest absolute Gasteiger partial charge is 0.477 e. The molecule has 0 radical (unpaired) electrons. The lowest BCUT2D eigenvalue weighted by atomic mass is 9.79. The zero-order valence-electron chi connectivity index (χ0n) is 19.6. The number of aromatic nitrogens is 1. The Hall–Kier alpha value is -3.27. The lowest BCUT2D eigenvalue weighted by Gasteiger charge is -2.42. The van der Waals surface area contributed by atoms with Crippen LogP contribution < -0.4 is 16.1 Å². The van der Waals surface area contributed by atoms with Gasteiger partial charge >= 0.3 is 5.97 Å². The number of oxime groups is 1. The number of hydrogen-bond donors (Lipinski definition) is 2. The third kappa shape index (κ3) is 3.96. The van der Waals surface area contributed by atoms with Crippen molar-refractivity contribution in [3.8, 4) is 0 Å². The fraction of sp³-hybridized carbons (Fsp3) is 0.500. The van der Waals surface area contributed by atoms with Crippen LogP contribution in [-0.4, -0.2) is 53.4 Å². The number of rotatable bonds is 7. The predicted molar refractivity (Wildman–Crippen MR) is 126 cm³/mol. The molecule has 182 valence electrons. The molecule has 0 bridgehead atoms. The molecule has 1 atom stereocenters. The molecule has 2 aliphatic rings. The highest BCUT2D eigenvalue weighted by Crippen LogP contribution is 2.41. The first-order valence-electron chi connectivity index (χ1n) is 11.4. The number of carboxylic acid groups (broad SMARTS) is 1. The molecule has 10 heteroatoms. The molecule has 2 heterocycles. The van der Waals surface area contributed by atoms with Gasteiger partial charge in [0.2, 0.25) is 5.43 Å². The van der Waals surface area contributed by atoms with E-state index in [0.717, 1.165) is 24.6 Å². The summed E-state index contributed by atoms with van der Waals surface area (Å²) in [5.41, 5.74) is 5.48. The van der Waals surface area contributed by atoms with Crippen LogP contribution in [0.25, 0.3) is 10.9 Å². The van der Waals surface area contributed by atoms with E-state index in [1.165, 1.54) is 13.1 Å². The van der Waals surface area contributed by atoms with Crippen LogP contribution in [0.3, 0.4) is 0 Å². The van der Waals surface area contributed by atoms with Crippen LogP contribution in [0.1, 0.15) is 66.8 Å². The van der Waals surface area contributed by atoms with Gasteiger partial charge in [0.15, 0.2) is 5.78 Å². The van der Waals surface area contributed by atoms with Crippen molar-refractivity contribution < 1.29 is 23.9 Å². The summed E-state index contributed by atoms with van der Waals surface area (Å²) in [7, 11) is 0. The minimum absolute atomic E-state index is 0.0433. The molecule has 4 rings (SSSR count). The maximum absolute atomic E-state index is 15.7. The summed E-state index contributed by atoms with van der Waals surface area (Å²) < 4.78 is 17.3.